The minimum atomic E-state index is 0.457. The first-order chi connectivity index (χ1) is 8.33. The van der Waals surface area contributed by atoms with Crippen molar-refractivity contribution in [2.45, 2.75) is 37.6 Å². The summed E-state index contributed by atoms with van der Waals surface area (Å²) < 4.78 is 0. The fourth-order valence-electron chi connectivity index (χ4n) is 3.22. The number of Topliss-reactive ketones (excluding diaryl/α,β-unsaturated/α-hetero) is 1. The van der Waals surface area contributed by atoms with Gasteiger partial charge in [0.1, 0.15) is 5.78 Å². The maximum atomic E-state index is 11.3. The summed E-state index contributed by atoms with van der Waals surface area (Å²) in [5.74, 6) is 1.13. The smallest absolute Gasteiger partial charge is 0.134 e. The highest BCUT2D eigenvalue weighted by Gasteiger charge is 2.33. The average molecular weight is 229 g/mol. The molecule has 1 aromatic carbocycles. The monoisotopic (exact) mass is 229 g/mol. The Morgan fingerprint density at radius 3 is 2.65 bits per heavy atom. The molecule has 0 amide bonds. The predicted octanol–water partition coefficient (Wildman–Crippen LogP) is 2.60. The number of rotatable bonds is 2. The van der Waals surface area contributed by atoms with Gasteiger partial charge < -0.3 is 0 Å². The number of carbonyl (C=O) groups is 1. The highest BCUT2D eigenvalue weighted by Crippen LogP contribution is 2.31. The molecule has 0 N–H and O–H groups in total. The zero-order chi connectivity index (χ0) is 11.7. The summed E-state index contributed by atoms with van der Waals surface area (Å²) in [6, 6.07) is 11.3. The second kappa shape index (κ2) is 4.61. The highest BCUT2D eigenvalue weighted by atomic mass is 16.1. The zero-order valence-electron chi connectivity index (χ0n) is 10.1. The van der Waals surface area contributed by atoms with Gasteiger partial charge in [-0.1, -0.05) is 30.3 Å². The Morgan fingerprint density at radius 2 is 1.94 bits per heavy atom. The molecule has 2 atom stereocenters. The van der Waals surface area contributed by atoms with E-state index in [1.807, 2.05) is 0 Å². The Kier molecular flexibility index (Phi) is 2.98. The van der Waals surface area contributed by atoms with E-state index in [1.54, 1.807) is 0 Å². The summed E-state index contributed by atoms with van der Waals surface area (Å²) in [5.41, 5.74) is 1.46. The lowest BCUT2D eigenvalue weighted by Gasteiger charge is -2.22. The van der Waals surface area contributed by atoms with Crippen molar-refractivity contribution in [1.82, 2.24) is 4.90 Å². The van der Waals surface area contributed by atoms with Gasteiger partial charge in [-0.05, 0) is 30.9 Å². The third-order valence-corrected chi connectivity index (χ3v) is 4.23. The number of benzene rings is 1. The van der Waals surface area contributed by atoms with Crippen LogP contribution in [0.4, 0.5) is 0 Å². The first kappa shape index (κ1) is 11.0. The summed E-state index contributed by atoms with van der Waals surface area (Å²) in [6.07, 6.45) is 3.92. The molecule has 0 aromatic heterocycles. The lowest BCUT2D eigenvalue weighted by atomic mass is 9.99. The fourth-order valence-corrected chi connectivity index (χ4v) is 3.22. The van der Waals surface area contributed by atoms with E-state index < -0.39 is 0 Å². The number of ketones is 1. The summed E-state index contributed by atoms with van der Waals surface area (Å²) in [6.45, 7) is 2.31. The molecule has 3 rings (SSSR count). The molecule has 1 aliphatic heterocycles. The lowest BCUT2D eigenvalue weighted by Crippen LogP contribution is -2.31. The molecule has 17 heavy (non-hydrogen) atoms. The van der Waals surface area contributed by atoms with E-state index in [-0.39, 0.29) is 0 Å². The lowest BCUT2D eigenvalue weighted by molar-refractivity contribution is -0.117. The Morgan fingerprint density at radius 1 is 1.12 bits per heavy atom. The van der Waals surface area contributed by atoms with Crippen LogP contribution < -0.4 is 0 Å². The largest absolute Gasteiger partial charge is 0.300 e. The van der Waals surface area contributed by atoms with Gasteiger partial charge in [0.05, 0.1) is 0 Å². The van der Waals surface area contributed by atoms with Crippen LogP contribution in [0.3, 0.4) is 0 Å². The molecule has 2 aliphatic rings. The van der Waals surface area contributed by atoms with Crippen LogP contribution in [0, 0.1) is 0 Å². The standard InChI is InChI=1S/C15H19NO/c17-15-7-6-14(10-15)16-9-8-13(11-16)12-4-2-1-3-5-12/h1-5,13-14H,6-11H2. The van der Waals surface area contributed by atoms with Crippen molar-refractivity contribution in [2.24, 2.45) is 0 Å². The molecule has 0 bridgehead atoms. The topological polar surface area (TPSA) is 20.3 Å². The van der Waals surface area contributed by atoms with Crippen LogP contribution in [0.2, 0.25) is 0 Å². The number of likely N-dealkylation sites (tertiary alicyclic amines) is 1. The number of hydrogen-bond donors (Lipinski definition) is 0. The van der Waals surface area contributed by atoms with Crippen molar-refractivity contribution in [3.8, 4) is 0 Å². The molecule has 2 fully saturated rings. The van der Waals surface area contributed by atoms with Crippen LogP contribution in [0.5, 0.6) is 0 Å². The first-order valence-corrected chi connectivity index (χ1v) is 6.63. The van der Waals surface area contributed by atoms with E-state index >= 15 is 0 Å². The number of nitrogens with zero attached hydrogens (tertiary/aromatic N) is 1. The van der Waals surface area contributed by atoms with Gasteiger partial charge in [-0.3, -0.25) is 9.69 Å². The molecule has 1 saturated carbocycles. The Balaban J connectivity index is 1.64. The summed E-state index contributed by atoms with van der Waals surface area (Å²) in [5, 5.41) is 0. The van der Waals surface area contributed by atoms with E-state index in [1.165, 1.54) is 12.0 Å². The molecule has 0 spiro atoms. The maximum absolute atomic E-state index is 11.3. The van der Waals surface area contributed by atoms with Gasteiger partial charge >= 0.3 is 0 Å². The molecule has 1 aliphatic carbocycles. The minimum Gasteiger partial charge on any atom is -0.300 e. The van der Waals surface area contributed by atoms with E-state index in [4.69, 9.17) is 0 Å². The van der Waals surface area contributed by atoms with Crippen LogP contribution in [-0.2, 0) is 4.79 Å². The molecular formula is C15H19NO. The first-order valence-electron chi connectivity index (χ1n) is 6.63. The SMILES string of the molecule is O=C1CCC(N2CCC(c3ccccc3)C2)C1. The zero-order valence-corrected chi connectivity index (χ0v) is 10.1. The van der Waals surface area contributed by atoms with Gasteiger partial charge in [0, 0.05) is 25.4 Å². The van der Waals surface area contributed by atoms with E-state index in [0.717, 1.165) is 32.4 Å². The van der Waals surface area contributed by atoms with E-state index in [2.05, 4.69) is 35.2 Å². The molecule has 1 saturated heterocycles. The van der Waals surface area contributed by atoms with Crippen molar-refractivity contribution in [1.29, 1.82) is 0 Å². The third-order valence-electron chi connectivity index (χ3n) is 4.23. The highest BCUT2D eigenvalue weighted by molar-refractivity contribution is 5.81. The molecule has 1 aromatic rings. The Hall–Kier alpha value is -1.15. The van der Waals surface area contributed by atoms with Gasteiger partial charge in [-0.2, -0.15) is 0 Å². The van der Waals surface area contributed by atoms with Gasteiger partial charge in [0.2, 0.25) is 0 Å². The second-order valence-electron chi connectivity index (χ2n) is 5.33. The molecule has 2 heteroatoms. The predicted molar refractivity (Wildman–Crippen MR) is 68.0 cm³/mol. The van der Waals surface area contributed by atoms with E-state index in [0.29, 0.717) is 17.7 Å². The van der Waals surface area contributed by atoms with Crippen molar-refractivity contribution >= 4 is 5.78 Å². The van der Waals surface area contributed by atoms with Gasteiger partial charge in [-0.15, -0.1) is 0 Å². The Bertz CT molecular complexity index is 401. The number of hydrogen-bond acceptors (Lipinski definition) is 2. The van der Waals surface area contributed by atoms with Crippen molar-refractivity contribution in [3.05, 3.63) is 35.9 Å². The van der Waals surface area contributed by atoms with Crippen LogP contribution in [0.15, 0.2) is 30.3 Å². The molecule has 2 nitrogen and oxygen atoms in total. The second-order valence-corrected chi connectivity index (χ2v) is 5.33. The molecular weight excluding hydrogens is 210 g/mol. The summed E-state index contributed by atoms with van der Waals surface area (Å²) in [4.78, 5) is 13.9. The van der Waals surface area contributed by atoms with Gasteiger partial charge in [-0.25, -0.2) is 0 Å². The van der Waals surface area contributed by atoms with Gasteiger partial charge in [0.15, 0.2) is 0 Å². The molecule has 2 unspecified atom stereocenters. The molecule has 1 heterocycles. The van der Waals surface area contributed by atoms with Crippen molar-refractivity contribution < 1.29 is 4.79 Å². The molecule has 0 radical (unpaired) electrons. The van der Waals surface area contributed by atoms with Crippen LogP contribution in [-0.4, -0.2) is 29.8 Å². The summed E-state index contributed by atoms with van der Waals surface area (Å²) in [7, 11) is 0. The van der Waals surface area contributed by atoms with Crippen molar-refractivity contribution in [3.63, 3.8) is 0 Å². The molecule has 90 valence electrons. The van der Waals surface area contributed by atoms with Crippen LogP contribution >= 0.6 is 0 Å². The van der Waals surface area contributed by atoms with Crippen LogP contribution in [0.1, 0.15) is 37.2 Å². The van der Waals surface area contributed by atoms with Crippen molar-refractivity contribution in [2.75, 3.05) is 13.1 Å². The average Bonchev–Trinajstić information content (AvgIpc) is 2.98. The van der Waals surface area contributed by atoms with Crippen LogP contribution in [0.25, 0.3) is 0 Å². The quantitative estimate of drug-likeness (QED) is 0.777. The number of carbonyl (C=O) groups excluding carboxylic acids is 1. The minimum absolute atomic E-state index is 0.457. The third kappa shape index (κ3) is 2.27. The van der Waals surface area contributed by atoms with Gasteiger partial charge in [0.25, 0.3) is 0 Å². The fraction of sp³-hybridized carbons (Fsp3) is 0.533. The maximum Gasteiger partial charge on any atom is 0.134 e. The normalized spacial score (nSPS) is 30.0. The summed E-state index contributed by atoms with van der Waals surface area (Å²) >= 11 is 0. The van der Waals surface area contributed by atoms with E-state index in [9.17, 15) is 4.79 Å². The Labute approximate surface area is 103 Å².